The van der Waals surface area contributed by atoms with Crippen molar-refractivity contribution in [2.24, 2.45) is 0 Å². The van der Waals surface area contributed by atoms with Gasteiger partial charge in [0.25, 0.3) is 0 Å². The van der Waals surface area contributed by atoms with Crippen molar-refractivity contribution >= 4 is 31.9 Å². The van der Waals surface area contributed by atoms with Gasteiger partial charge in [-0.1, -0.05) is 31.9 Å². The summed E-state index contributed by atoms with van der Waals surface area (Å²) < 4.78 is 12.5. The number of halogens is 3. The largest absolute Gasteiger partial charge is 0.256 e. The van der Waals surface area contributed by atoms with E-state index in [4.69, 9.17) is 0 Å². The van der Waals surface area contributed by atoms with E-state index < -0.39 is 0 Å². The van der Waals surface area contributed by atoms with Crippen LogP contribution in [-0.4, -0.2) is 4.98 Å². The van der Waals surface area contributed by atoms with E-state index in [1.807, 2.05) is 0 Å². The zero-order valence-electron chi connectivity index (χ0n) is 4.89. The fourth-order valence-corrected chi connectivity index (χ4v) is 1.23. The van der Waals surface area contributed by atoms with Crippen LogP contribution in [0.15, 0.2) is 18.3 Å². The summed E-state index contributed by atoms with van der Waals surface area (Å²) in [4.78, 5) is 3.81. The van der Waals surface area contributed by atoms with Crippen molar-refractivity contribution < 1.29 is 4.39 Å². The molecule has 0 atom stereocenters. The summed E-state index contributed by atoms with van der Waals surface area (Å²) in [6.45, 7) is 0. The first-order valence-corrected chi connectivity index (χ1v) is 4.43. The average Bonchev–Trinajstić information content (AvgIpc) is 1.88. The van der Waals surface area contributed by atoms with Crippen LogP contribution in [0.3, 0.4) is 0 Å². The van der Waals surface area contributed by atoms with Gasteiger partial charge in [-0.25, -0.2) is 4.39 Å². The van der Waals surface area contributed by atoms with Gasteiger partial charge in [0, 0.05) is 6.20 Å². The number of aromatic nitrogens is 1. The highest BCUT2D eigenvalue weighted by Gasteiger charge is 2.08. The van der Waals surface area contributed by atoms with E-state index in [-0.39, 0.29) is 9.55 Å². The smallest absolute Gasteiger partial charge is 0.146 e. The van der Waals surface area contributed by atoms with Crippen LogP contribution in [0.25, 0.3) is 0 Å². The number of alkyl halides is 2. The number of rotatable bonds is 1. The number of hydrogen-bond donors (Lipinski definition) is 0. The van der Waals surface area contributed by atoms with Crippen LogP contribution in [0.2, 0.25) is 0 Å². The molecule has 0 radical (unpaired) electrons. The van der Waals surface area contributed by atoms with E-state index in [0.717, 1.165) is 0 Å². The van der Waals surface area contributed by atoms with Crippen LogP contribution < -0.4 is 0 Å². The van der Waals surface area contributed by atoms with Gasteiger partial charge in [-0.15, -0.1) is 0 Å². The van der Waals surface area contributed by atoms with Gasteiger partial charge in [-0.2, -0.15) is 0 Å². The first-order chi connectivity index (χ1) is 4.72. The minimum absolute atomic E-state index is 0.207. The lowest BCUT2D eigenvalue weighted by Gasteiger charge is -1.99. The monoisotopic (exact) mass is 267 g/mol. The van der Waals surface area contributed by atoms with Crippen LogP contribution in [0.5, 0.6) is 0 Å². The summed E-state index contributed by atoms with van der Waals surface area (Å²) in [6.07, 6.45) is 1.55. The SMILES string of the molecule is Fc1cccnc1C(Br)Br. The third-order valence-electron chi connectivity index (χ3n) is 0.994. The third-order valence-corrected chi connectivity index (χ3v) is 1.86. The molecule has 0 bridgehead atoms. The number of pyridine rings is 1. The fourth-order valence-electron chi connectivity index (χ4n) is 0.558. The first-order valence-electron chi connectivity index (χ1n) is 2.60. The zero-order valence-corrected chi connectivity index (χ0v) is 8.06. The second-order valence-corrected chi connectivity index (χ2v) is 4.73. The molecule has 1 aromatic heterocycles. The summed E-state index contributed by atoms with van der Waals surface area (Å²) in [7, 11) is 0. The lowest BCUT2D eigenvalue weighted by molar-refractivity contribution is 0.608. The molecule has 4 heteroatoms. The van der Waals surface area contributed by atoms with Crippen LogP contribution in [-0.2, 0) is 0 Å². The van der Waals surface area contributed by atoms with E-state index in [1.165, 1.54) is 6.07 Å². The average molecular weight is 269 g/mol. The fraction of sp³-hybridized carbons (Fsp3) is 0.167. The van der Waals surface area contributed by atoms with Gasteiger partial charge < -0.3 is 0 Å². The topological polar surface area (TPSA) is 12.9 Å². The van der Waals surface area contributed by atoms with E-state index in [2.05, 4.69) is 36.8 Å². The maximum atomic E-state index is 12.7. The Hall–Kier alpha value is 0.0400. The van der Waals surface area contributed by atoms with Crippen LogP contribution >= 0.6 is 31.9 Å². The van der Waals surface area contributed by atoms with Gasteiger partial charge in [0.15, 0.2) is 0 Å². The minimum atomic E-state index is -0.304. The summed E-state index contributed by atoms with van der Waals surface area (Å²) in [5, 5.41) is 0. The predicted octanol–water partition coefficient (Wildman–Crippen LogP) is 3.01. The Labute approximate surface area is 74.9 Å². The molecule has 0 aliphatic heterocycles. The summed E-state index contributed by atoms with van der Waals surface area (Å²) in [6, 6.07) is 2.93. The van der Waals surface area contributed by atoms with Gasteiger partial charge >= 0.3 is 0 Å². The Morgan fingerprint density at radius 2 is 2.20 bits per heavy atom. The van der Waals surface area contributed by atoms with Crippen molar-refractivity contribution in [2.45, 2.75) is 3.74 Å². The van der Waals surface area contributed by atoms with Crippen LogP contribution in [0, 0.1) is 5.82 Å². The number of nitrogens with zero attached hydrogens (tertiary/aromatic N) is 1. The van der Waals surface area contributed by atoms with Gasteiger partial charge in [0.2, 0.25) is 0 Å². The molecule has 0 unspecified atom stereocenters. The van der Waals surface area contributed by atoms with Crippen molar-refractivity contribution in [2.75, 3.05) is 0 Å². The van der Waals surface area contributed by atoms with Gasteiger partial charge in [-0.3, -0.25) is 4.98 Å². The molecule has 0 saturated heterocycles. The zero-order chi connectivity index (χ0) is 7.56. The molecular weight excluding hydrogens is 265 g/mol. The Balaban J connectivity index is 3.03. The summed E-state index contributed by atoms with van der Waals surface area (Å²) >= 11 is 6.29. The highest BCUT2D eigenvalue weighted by Crippen LogP contribution is 2.28. The summed E-state index contributed by atoms with van der Waals surface area (Å²) in [5.74, 6) is -0.304. The van der Waals surface area contributed by atoms with Crippen molar-refractivity contribution in [3.8, 4) is 0 Å². The second-order valence-electron chi connectivity index (χ2n) is 1.67. The normalized spacial score (nSPS) is 10.4. The molecule has 0 aliphatic carbocycles. The van der Waals surface area contributed by atoms with Gasteiger partial charge in [0.05, 0.1) is 0 Å². The predicted molar refractivity (Wildman–Crippen MR) is 44.8 cm³/mol. The Bertz CT molecular complexity index is 227. The quantitative estimate of drug-likeness (QED) is 0.714. The molecule has 10 heavy (non-hydrogen) atoms. The van der Waals surface area contributed by atoms with E-state index >= 15 is 0 Å². The molecule has 1 heterocycles. The van der Waals surface area contributed by atoms with Crippen molar-refractivity contribution in [3.63, 3.8) is 0 Å². The molecule has 0 fully saturated rings. The van der Waals surface area contributed by atoms with Gasteiger partial charge in [-0.05, 0) is 12.1 Å². The maximum absolute atomic E-state index is 12.7. The van der Waals surface area contributed by atoms with E-state index in [9.17, 15) is 4.39 Å². The molecule has 0 saturated carbocycles. The van der Waals surface area contributed by atoms with Crippen molar-refractivity contribution in [1.82, 2.24) is 4.98 Å². The Kier molecular flexibility index (Phi) is 2.80. The van der Waals surface area contributed by atoms with Crippen molar-refractivity contribution in [3.05, 3.63) is 29.8 Å². The number of hydrogen-bond acceptors (Lipinski definition) is 1. The van der Waals surface area contributed by atoms with Crippen molar-refractivity contribution in [1.29, 1.82) is 0 Å². The molecule has 0 N–H and O–H groups in total. The Morgan fingerprint density at radius 1 is 1.50 bits per heavy atom. The molecular formula is C6H4Br2FN. The van der Waals surface area contributed by atoms with E-state index in [0.29, 0.717) is 5.69 Å². The molecule has 0 aromatic carbocycles. The molecule has 1 aromatic rings. The molecule has 54 valence electrons. The third kappa shape index (κ3) is 1.76. The molecule has 1 rings (SSSR count). The Morgan fingerprint density at radius 3 is 2.60 bits per heavy atom. The lowest BCUT2D eigenvalue weighted by Crippen LogP contribution is -1.90. The summed E-state index contributed by atoms with van der Waals surface area (Å²) in [5.41, 5.74) is 0.377. The van der Waals surface area contributed by atoms with E-state index in [1.54, 1.807) is 12.3 Å². The second kappa shape index (κ2) is 3.44. The van der Waals surface area contributed by atoms with Crippen LogP contribution in [0.4, 0.5) is 4.39 Å². The minimum Gasteiger partial charge on any atom is -0.256 e. The highest BCUT2D eigenvalue weighted by molar-refractivity contribution is 9.24. The maximum Gasteiger partial charge on any atom is 0.146 e. The molecule has 1 nitrogen and oxygen atoms in total. The van der Waals surface area contributed by atoms with Crippen LogP contribution in [0.1, 0.15) is 9.43 Å². The molecule has 0 amide bonds. The standard InChI is InChI=1S/C6H4Br2FN/c7-6(8)5-4(9)2-1-3-10-5/h1-3,6H. The van der Waals surface area contributed by atoms with Gasteiger partial charge in [0.1, 0.15) is 15.2 Å². The highest BCUT2D eigenvalue weighted by atomic mass is 79.9. The molecule has 0 spiro atoms. The lowest BCUT2D eigenvalue weighted by atomic mass is 10.4. The molecule has 0 aliphatic rings. The first kappa shape index (κ1) is 8.14.